The lowest BCUT2D eigenvalue weighted by Gasteiger charge is -2.22. The molecule has 0 amide bonds. The zero-order valence-electron chi connectivity index (χ0n) is 8.01. The third-order valence-corrected chi connectivity index (χ3v) is 2.54. The van der Waals surface area contributed by atoms with E-state index in [9.17, 15) is 0 Å². The number of fused-ring (bicyclic) bond motifs is 1. The highest BCUT2D eigenvalue weighted by Crippen LogP contribution is 2.23. The van der Waals surface area contributed by atoms with E-state index in [1.54, 1.807) is 0 Å². The van der Waals surface area contributed by atoms with Gasteiger partial charge in [-0.25, -0.2) is 0 Å². The molecule has 0 aromatic rings. The minimum atomic E-state index is -0.285. The fourth-order valence-electron chi connectivity index (χ4n) is 1.85. The summed E-state index contributed by atoms with van der Waals surface area (Å²) < 4.78 is 0. The fraction of sp³-hybridized carbons (Fsp3) is 0.455. The maximum absolute atomic E-state index is 6.06. The summed E-state index contributed by atoms with van der Waals surface area (Å²) in [6.07, 6.45) is 9.58. The van der Waals surface area contributed by atoms with Crippen molar-refractivity contribution >= 4 is 0 Å². The van der Waals surface area contributed by atoms with Gasteiger partial charge in [0.2, 0.25) is 0 Å². The Bertz CT molecular complexity index is 295. The lowest BCUT2D eigenvalue weighted by molar-refractivity contribution is 0.665. The summed E-state index contributed by atoms with van der Waals surface area (Å²) in [6.45, 7) is 4.07. The molecule has 0 aromatic carbocycles. The topological polar surface area (TPSA) is 38.0 Å². The zero-order valence-corrected chi connectivity index (χ0v) is 8.01. The lowest BCUT2D eigenvalue weighted by atomic mass is 9.94. The fourth-order valence-corrected chi connectivity index (χ4v) is 1.85. The van der Waals surface area contributed by atoms with Crippen LogP contribution < -0.4 is 11.1 Å². The first-order valence-electron chi connectivity index (χ1n) is 4.77. The summed E-state index contributed by atoms with van der Waals surface area (Å²) in [5.74, 6) is 0. The van der Waals surface area contributed by atoms with E-state index in [4.69, 9.17) is 5.73 Å². The van der Waals surface area contributed by atoms with E-state index in [1.807, 2.05) is 13.0 Å². The second kappa shape index (κ2) is 3.13. The maximum Gasteiger partial charge on any atom is 0.0505 e. The molecule has 1 unspecified atom stereocenters. The molecule has 0 radical (unpaired) electrons. The van der Waals surface area contributed by atoms with Gasteiger partial charge in [-0.3, -0.25) is 0 Å². The predicted molar refractivity (Wildman–Crippen MR) is 55.4 cm³/mol. The Labute approximate surface area is 79.2 Å². The molecule has 1 aliphatic heterocycles. The minimum Gasteiger partial charge on any atom is -0.319 e. The van der Waals surface area contributed by atoms with Crippen molar-refractivity contribution in [2.75, 3.05) is 13.1 Å². The smallest absolute Gasteiger partial charge is 0.0505 e. The van der Waals surface area contributed by atoms with Gasteiger partial charge in [0.25, 0.3) is 0 Å². The Morgan fingerprint density at radius 3 is 3.15 bits per heavy atom. The van der Waals surface area contributed by atoms with Crippen molar-refractivity contribution < 1.29 is 0 Å². The van der Waals surface area contributed by atoms with Gasteiger partial charge in [0.1, 0.15) is 0 Å². The normalized spacial score (nSPS) is 33.1. The van der Waals surface area contributed by atoms with Crippen molar-refractivity contribution in [3.05, 3.63) is 35.5 Å². The van der Waals surface area contributed by atoms with Crippen LogP contribution in [0.4, 0.5) is 0 Å². The van der Waals surface area contributed by atoms with Crippen molar-refractivity contribution in [3.8, 4) is 0 Å². The highest BCUT2D eigenvalue weighted by Gasteiger charge is 2.18. The average Bonchev–Trinajstić information content (AvgIpc) is 2.21. The number of piperidine rings is 1. The van der Waals surface area contributed by atoms with Gasteiger partial charge in [-0.2, -0.15) is 0 Å². The predicted octanol–water partition coefficient (Wildman–Crippen LogP) is 1.12. The van der Waals surface area contributed by atoms with Gasteiger partial charge < -0.3 is 11.1 Å². The molecule has 2 nitrogen and oxygen atoms in total. The van der Waals surface area contributed by atoms with Crippen LogP contribution in [0.1, 0.15) is 13.3 Å². The van der Waals surface area contributed by atoms with E-state index >= 15 is 0 Å². The van der Waals surface area contributed by atoms with Crippen LogP contribution in [0.3, 0.4) is 0 Å². The molecule has 1 heterocycles. The molecule has 0 aromatic heterocycles. The monoisotopic (exact) mass is 176 g/mol. The Kier molecular flexibility index (Phi) is 2.10. The second-order valence-electron chi connectivity index (χ2n) is 4.01. The molecule has 3 N–H and O–H groups in total. The standard InChI is InChI=1S/C11H16N2/c1-11(12)5-2-3-9-4-6-13-8-10(9)7-11/h2-3,5,7,13H,4,6,8,12H2,1H3. The van der Waals surface area contributed by atoms with Crippen molar-refractivity contribution in [1.29, 1.82) is 0 Å². The Morgan fingerprint density at radius 2 is 2.31 bits per heavy atom. The van der Waals surface area contributed by atoms with Crippen LogP contribution in [-0.2, 0) is 0 Å². The third kappa shape index (κ3) is 1.90. The first-order valence-corrected chi connectivity index (χ1v) is 4.77. The molecule has 0 saturated carbocycles. The van der Waals surface area contributed by atoms with Crippen LogP contribution in [0.15, 0.2) is 35.5 Å². The van der Waals surface area contributed by atoms with E-state index in [1.165, 1.54) is 11.1 Å². The van der Waals surface area contributed by atoms with Crippen molar-refractivity contribution in [1.82, 2.24) is 5.32 Å². The number of nitrogens with one attached hydrogen (secondary N) is 1. The lowest BCUT2D eigenvalue weighted by Crippen LogP contribution is -2.33. The average molecular weight is 176 g/mol. The third-order valence-electron chi connectivity index (χ3n) is 2.54. The molecule has 2 heteroatoms. The SMILES string of the molecule is CC1(N)C=CC=C2CCNCC2=C1. The quantitative estimate of drug-likeness (QED) is 0.580. The molecule has 70 valence electrons. The van der Waals surface area contributed by atoms with Gasteiger partial charge in [-0.05, 0) is 31.0 Å². The van der Waals surface area contributed by atoms with E-state index < -0.39 is 0 Å². The van der Waals surface area contributed by atoms with Crippen molar-refractivity contribution in [3.63, 3.8) is 0 Å². The molecule has 0 bridgehead atoms. The maximum atomic E-state index is 6.06. The van der Waals surface area contributed by atoms with Crippen molar-refractivity contribution in [2.45, 2.75) is 18.9 Å². The molecule has 1 aliphatic carbocycles. The summed E-state index contributed by atoms with van der Waals surface area (Å²) in [5.41, 5.74) is 8.57. The Balaban J connectivity index is 2.34. The number of hydrogen-bond acceptors (Lipinski definition) is 2. The largest absolute Gasteiger partial charge is 0.319 e. The van der Waals surface area contributed by atoms with E-state index in [0.717, 1.165) is 19.5 Å². The molecule has 0 spiro atoms. The molecule has 1 atom stereocenters. The first kappa shape index (κ1) is 8.73. The Hall–Kier alpha value is -0.860. The van der Waals surface area contributed by atoms with Crippen LogP contribution >= 0.6 is 0 Å². The van der Waals surface area contributed by atoms with E-state index in [-0.39, 0.29) is 5.54 Å². The highest BCUT2D eigenvalue weighted by molar-refractivity contribution is 5.43. The number of nitrogens with two attached hydrogens (primary N) is 1. The molecule has 13 heavy (non-hydrogen) atoms. The van der Waals surface area contributed by atoms with Gasteiger partial charge in [-0.15, -0.1) is 0 Å². The minimum absolute atomic E-state index is 0.285. The van der Waals surface area contributed by atoms with Gasteiger partial charge in [0.05, 0.1) is 5.54 Å². The molecule has 1 fully saturated rings. The number of allylic oxidation sites excluding steroid dienone is 2. The van der Waals surface area contributed by atoms with Gasteiger partial charge >= 0.3 is 0 Å². The van der Waals surface area contributed by atoms with E-state index in [0.29, 0.717) is 0 Å². The van der Waals surface area contributed by atoms with Crippen LogP contribution in [0.5, 0.6) is 0 Å². The summed E-state index contributed by atoms with van der Waals surface area (Å²) in [4.78, 5) is 0. The Morgan fingerprint density at radius 1 is 1.46 bits per heavy atom. The number of rotatable bonds is 0. The molecule has 2 rings (SSSR count). The van der Waals surface area contributed by atoms with Gasteiger partial charge in [0.15, 0.2) is 0 Å². The summed E-state index contributed by atoms with van der Waals surface area (Å²) in [6, 6.07) is 0. The van der Waals surface area contributed by atoms with Crippen LogP contribution in [0.25, 0.3) is 0 Å². The molecule has 2 aliphatic rings. The molecular formula is C11H16N2. The molecule has 1 saturated heterocycles. The van der Waals surface area contributed by atoms with Gasteiger partial charge in [0, 0.05) is 6.54 Å². The number of hydrogen-bond donors (Lipinski definition) is 2. The zero-order chi connectivity index (χ0) is 9.31. The summed E-state index contributed by atoms with van der Waals surface area (Å²) in [7, 11) is 0. The second-order valence-corrected chi connectivity index (χ2v) is 4.01. The highest BCUT2D eigenvalue weighted by atomic mass is 14.9. The van der Waals surface area contributed by atoms with Crippen LogP contribution in [-0.4, -0.2) is 18.6 Å². The van der Waals surface area contributed by atoms with E-state index in [2.05, 4.69) is 23.5 Å². The summed E-state index contributed by atoms with van der Waals surface area (Å²) in [5, 5.41) is 3.36. The van der Waals surface area contributed by atoms with Gasteiger partial charge in [-0.1, -0.05) is 24.3 Å². The summed E-state index contributed by atoms with van der Waals surface area (Å²) >= 11 is 0. The van der Waals surface area contributed by atoms with Crippen molar-refractivity contribution in [2.24, 2.45) is 5.73 Å². The molecular weight excluding hydrogens is 160 g/mol. The van der Waals surface area contributed by atoms with Crippen LogP contribution in [0.2, 0.25) is 0 Å². The first-order chi connectivity index (χ1) is 6.17. The van der Waals surface area contributed by atoms with Crippen LogP contribution in [0, 0.1) is 0 Å².